The van der Waals surface area contributed by atoms with Crippen LogP contribution in [0, 0.1) is 5.92 Å². The zero-order chi connectivity index (χ0) is 15.7. The first-order valence-electron chi connectivity index (χ1n) is 8.91. The fourth-order valence-corrected chi connectivity index (χ4v) is 2.97. The average Bonchev–Trinajstić information content (AvgIpc) is 2.38. The lowest BCUT2D eigenvalue weighted by molar-refractivity contribution is -0.200. The van der Waals surface area contributed by atoms with E-state index in [0.29, 0.717) is 12.0 Å². The molecule has 1 saturated carbocycles. The predicted molar refractivity (Wildman–Crippen MR) is 90.4 cm³/mol. The Bertz CT molecular complexity index is 286. The van der Waals surface area contributed by atoms with Gasteiger partial charge in [-0.25, -0.2) is 0 Å². The topological polar surface area (TPSA) is 18.5 Å². The molecule has 0 aromatic carbocycles. The van der Waals surface area contributed by atoms with Gasteiger partial charge in [-0.15, -0.1) is 0 Å². The van der Waals surface area contributed by atoms with E-state index in [2.05, 4.69) is 40.7 Å². The molecule has 0 aromatic heterocycles. The first kappa shape index (κ1) is 18.7. The molecule has 21 heavy (non-hydrogen) atoms. The minimum absolute atomic E-state index is 0.0187. The maximum absolute atomic E-state index is 6.26. The van der Waals surface area contributed by atoms with Crippen molar-refractivity contribution >= 4 is 0 Å². The van der Waals surface area contributed by atoms with E-state index in [0.717, 1.165) is 6.42 Å². The van der Waals surface area contributed by atoms with E-state index in [1.165, 1.54) is 50.5 Å². The lowest BCUT2D eigenvalue weighted by Gasteiger charge is -2.30. The Morgan fingerprint density at radius 3 is 2.33 bits per heavy atom. The van der Waals surface area contributed by atoms with Crippen LogP contribution in [-0.2, 0) is 9.47 Å². The van der Waals surface area contributed by atoms with Gasteiger partial charge in [0.15, 0.2) is 6.29 Å². The van der Waals surface area contributed by atoms with Crippen LogP contribution in [0.25, 0.3) is 0 Å². The molecule has 0 aromatic rings. The van der Waals surface area contributed by atoms with Crippen LogP contribution < -0.4 is 0 Å². The molecular formula is C19H36O2. The summed E-state index contributed by atoms with van der Waals surface area (Å²) in [6.07, 6.45) is 12.8. The van der Waals surface area contributed by atoms with Crippen molar-refractivity contribution < 1.29 is 9.47 Å². The normalized spacial score (nSPS) is 19.5. The van der Waals surface area contributed by atoms with Gasteiger partial charge in [0, 0.05) is 6.42 Å². The number of rotatable bonds is 9. The largest absolute Gasteiger partial charge is 0.350 e. The second-order valence-electron chi connectivity index (χ2n) is 7.21. The molecule has 0 aliphatic heterocycles. The van der Waals surface area contributed by atoms with Crippen LogP contribution in [0.3, 0.4) is 0 Å². The van der Waals surface area contributed by atoms with Crippen molar-refractivity contribution in [1.29, 1.82) is 0 Å². The molecular weight excluding hydrogens is 260 g/mol. The number of hydrogen-bond donors (Lipinski definition) is 0. The Morgan fingerprint density at radius 1 is 1.10 bits per heavy atom. The summed E-state index contributed by atoms with van der Waals surface area (Å²) in [7, 11) is 0. The molecule has 1 aliphatic rings. The first-order valence-corrected chi connectivity index (χ1v) is 8.91. The zero-order valence-electron chi connectivity index (χ0n) is 14.9. The van der Waals surface area contributed by atoms with E-state index in [1.807, 2.05) is 0 Å². The van der Waals surface area contributed by atoms with Gasteiger partial charge in [-0.1, -0.05) is 37.8 Å². The Kier molecular flexibility index (Phi) is 9.26. The minimum Gasteiger partial charge on any atom is -0.350 e. The van der Waals surface area contributed by atoms with Crippen molar-refractivity contribution in [1.82, 2.24) is 0 Å². The third-order valence-electron chi connectivity index (χ3n) is 4.13. The Labute approximate surface area is 132 Å². The molecule has 2 nitrogen and oxygen atoms in total. The Hall–Kier alpha value is -0.340. The van der Waals surface area contributed by atoms with Crippen LogP contribution in [0.2, 0.25) is 0 Å². The maximum Gasteiger partial charge on any atom is 0.158 e. The minimum atomic E-state index is -0.0187. The summed E-state index contributed by atoms with van der Waals surface area (Å²) >= 11 is 0. The van der Waals surface area contributed by atoms with E-state index in [4.69, 9.17) is 9.47 Å². The zero-order valence-corrected chi connectivity index (χ0v) is 14.9. The van der Waals surface area contributed by atoms with E-state index in [9.17, 15) is 0 Å². The fourth-order valence-electron chi connectivity index (χ4n) is 2.97. The van der Waals surface area contributed by atoms with Gasteiger partial charge in [0.05, 0.1) is 12.2 Å². The highest BCUT2D eigenvalue weighted by molar-refractivity contribution is 4.92. The summed E-state index contributed by atoms with van der Waals surface area (Å²) in [6.45, 7) is 10.9. The summed E-state index contributed by atoms with van der Waals surface area (Å²) in [5.74, 6) is 0.646. The Balaban J connectivity index is 2.38. The van der Waals surface area contributed by atoms with Crippen LogP contribution in [0.1, 0.15) is 86.0 Å². The van der Waals surface area contributed by atoms with E-state index in [-0.39, 0.29) is 12.4 Å². The van der Waals surface area contributed by atoms with E-state index in [1.54, 1.807) is 0 Å². The predicted octanol–water partition coefficient (Wildman–Crippen LogP) is 5.86. The average molecular weight is 296 g/mol. The van der Waals surface area contributed by atoms with Crippen LogP contribution >= 0.6 is 0 Å². The highest BCUT2D eigenvalue weighted by atomic mass is 16.7. The quantitative estimate of drug-likeness (QED) is 0.392. The molecule has 1 aliphatic carbocycles. The van der Waals surface area contributed by atoms with E-state index < -0.39 is 0 Å². The molecule has 124 valence electrons. The second-order valence-corrected chi connectivity index (χ2v) is 7.21. The van der Waals surface area contributed by atoms with Gasteiger partial charge in [-0.2, -0.15) is 0 Å². The summed E-state index contributed by atoms with van der Waals surface area (Å²) in [5.41, 5.74) is 1.41. The molecule has 0 amide bonds. The van der Waals surface area contributed by atoms with Crippen molar-refractivity contribution in [2.24, 2.45) is 5.92 Å². The smallest absolute Gasteiger partial charge is 0.158 e. The number of ether oxygens (including phenoxy) is 2. The first-order chi connectivity index (χ1) is 9.97. The SMILES string of the molecule is CC(C)=CCC[C@H](C)CC(OC(C)C)OC1CCCCC1. The van der Waals surface area contributed by atoms with Gasteiger partial charge in [0.25, 0.3) is 0 Å². The van der Waals surface area contributed by atoms with Crippen molar-refractivity contribution in [3.05, 3.63) is 11.6 Å². The molecule has 1 fully saturated rings. The maximum atomic E-state index is 6.26. The second kappa shape index (κ2) is 10.4. The highest BCUT2D eigenvalue weighted by Gasteiger charge is 2.22. The molecule has 1 rings (SSSR count). The van der Waals surface area contributed by atoms with Crippen LogP contribution in [0.5, 0.6) is 0 Å². The molecule has 2 heteroatoms. The number of hydrogen-bond acceptors (Lipinski definition) is 2. The molecule has 0 heterocycles. The van der Waals surface area contributed by atoms with Crippen molar-refractivity contribution in [3.63, 3.8) is 0 Å². The van der Waals surface area contributed by atoms with Gasteiger partial charge >= 0.3 is 0 Å². The molecule has 0 saturated heterocycles. The standard InChI is InChI=1S/C19H36O2/c1-15(2)10-9-11-17(5)14-19(20-16(3)4)21-18-12-7-6-8-13-18/h10,16-19H,6-9,11-14H2,1-5H3/t17-,19?/m0/s1. The molecule has 1 unspecified atom stereocenters. The highest BCUT2D eigenvalue weighted by Crippen LogP contribution is 2.25. The van der Waals surface area contributed by atoms with Crippen molar-refractivity contribution in [3.8, 4) is 0 Å². The Morgan fingerprint density at radius 2 is 1.76 bits per heavy atom. The summed E-state index contributed by atoms with van der Waals surface area (Å²) in [5, 5.41) is 0. The fraction of sp³-hybridized carbons (Fsp3) is 0.895. The molecule has 2 atom stereocenters. The van der Waals surface area contributed by atoms with Crippen molar-refractivity contribution in [2.45, 2.75) is 104 Å². The van der Waals surface area contributed by atoms with Gasteiger partial charge < -0.3 is 9.47 Å². The van der Waals surface area contributed by atoms with Gasteiger partial charge in [-0.05, 0) is 59.3 Å². The summed E-state index contributed by atoms with van der Waals surface area (Å²) < 4.78 is 12.3. The lowest BCUT2D eigenvalue weighted by atomic mass is 9.97. The van der Waals surface area contributed by atoms with E-state index >= 15 is 0 Å². The molecule has 0 N–H and O–H groups in total. The molecule has 0 spiro atoms. The summed E-state index contributed by atoms with van der Waals surface area (Å²) in [6, 6.07) is 0. The third kappa shape index (κ3) is 9.31. The van der Waals surface area contributed by atoms with Crippen LogP contribution in [0.15, 0.2) is 11.6 Å². The van der Waals surface area contributed by atoms with Crippen LogP contribution in [0.4, 0.5) is 0 Å². The number of allylic oxidation sites excluding steroid dienone is 2. The van der Waals surface area contributed by atoms with Crippen molar-refractivity contribution in [2.75, 3.05) is 0 Å². The molecule has 0 bridgehead atoms. The monoisotopic (exact) mass is 296 g/mol. The van der Waals surface area contributed by atoms with Crippen LogP contribution in [-0.4, -0.2) is 18.5 Å². The van der Waals surface area contributed by atoms with Gasteiger partial charge in [0.2, 0.25) is 0 Å². The molecule has 0 radical (unpaired) electrons. The van der Waals surface area contributed by atoms with Gasteiger partial charge in [0.1, 0.15) is 0 Å². The van der Waals surface area contributed by atoms with Gasteiger partial charge in [-0.3, -0.25) is 0 Å². The summed E-state index contributed by atoms with van der Waals surface area (Å²) in [4.78, 5) is 0. The third-order valence-corrected chi connectivity index (χ3v) is 4.13. The lowest BCUT2D eigenvalue weighted by Crippen LogP contribution is -2.30.